The fourth-order valence-corrected chi connectivity index (χ4v) is 4.80. The molecule has 18 heteroatoms. The van der Waals surface area contributed by atoms with Gasteiger partial charge in [-0.3, -0.25) is 18.3 Å². The Kier molecular flexibility index (Phi) is 9.65. The van der Waals surface area contributed by atoms with Crippen LogP contribution in [0.2, 0.25) is 0 Å². The van der Waals surface area contributed by atoms with Crippen LogP contribution in [-0.4, -0.2) is 73.4 Å². The maximum atomic E-state index is 10.3. The third-order valence-corrected chi connectivity index (χ3v) is 9.25. The highest BCUT2D eigenvalue weighted by atomic mass is 31.2. The van der Waals surface area contributed by atoms with Crippen LogP contribution >= 0.6 is 30.4 Å². The normalized spacial score (nSPS) is 14.0. The zero-order valence-electron chi connectivity index (χ0n) is 10.5. The van der Waals surface area contributed by atoms with Crippen molar-refractivity contribution in [3.63, 3.8) is 0 Å². The quantitative estimate of drug-likeness (QED) is 0.199. The molecule has 0 aromatic rings. The van der Waals surface area contributed by atoms with Gasteiger partial charge in [-0.05, 0) is 0 Å². The van der Waals surface area contributed by atoms with Crippen LogP contribution in [0.15, 0.2) is 0 Å². The molecule has 0 rings (SSSR count). The maximum Gasteiger partial charge on any atom is 0.343 e. The first kappa shape index (κ1) is 24.8. The average Bonchev–Trinajstić information content (AvgIpc) is 2.09. The Morgan fingerprint density at radius 1 is 0.500 bits per heavy atom. The van der Waals surface area contributed by atoms with Crippen molar-refractivity contribution in [2.24, 2.45) is 0 Å². The van der Waals surface area contributed by atoms with Gasteiger partial charge in [0.05, 0.1) is 13.2 Å². The molecule has 0 radical (unpaired) electrons. The lowest BCUT2D eigenvalue weighted by atomic mass is 10.9. The maximum absolute atomic E-state index is 10.3. The lowest BCUT2D eigenvalue weighted by molar-refractivity contribution is 0.264. The smallest absolute Gasteiger partial charge is 0.343 e. The van der Waals surface area contributed by atoms with Crippen molar-refractivity contribution < 1.29 is 67.6 Å². The highest BCUT2D eigenvalue weighted by molar-refractivity contribution is 7.71. The second-order valence-corrected chi connectivity index (χ2v) is 11.7. The van der Waals surface area contributed by atoms with E-state index < -0.39 is 54.4 Å². The van der Waals surface area contributed by atoms with Gasteiger partial charge in [0.25, 0.3) is 0 Å². The molecular formula is C4H16O14P4. The second kappa shape index (κ2) is 8.57. The van der Waals surface area contributed by atoms with E-state index in [1.54, 1.807) is 0 Å². The minimum Gasteiger partial charge on any atom is -0.395 e. The minimum absolute atomic E-state index is 1.24. The van der Waals surface area contributed by atoms with Gasteiger partial charge in [0.1, 0.15) is 0 Å². The van der Waals surface area contributed by atoms with Crippen LogP contribution in [0, 0.1) is 0 Å². The third-order valence-electron chi connectivity index (χ3n) is 1.88. The summed E-state index contributed by atoms with van der Waals surface area (Å²) in [6, 6.07) is 0. The molecule has 22 heavy (non-hydrogen) atoms. The van der Waals surface area contributed by atoms with Gasteiger partial charge in [-0.25, -0.2) is 0 Å². The van der Waals surface area contributed by atoms with Crippen LogP contribution in [0.25, 0.3) is 0 Å². The SMILES string of the molecule is O=P(O)(O)C(CO)P(=O)(O)O.O=P(O)(O)C(CO)P(=O)(O)O. The predicted octanol–water partition coefficient (Wildman–Crippen LogP) is -2.68. The molecule has 0 aromatic heterocycles. The van der Waals surface area contributed by atoms with E-state index in [4.69, 9.17) is 49.4 Å². The summed E-state index contributed by atoms with van der Waals surface area (Å²) in [4.78, 5) is 66.2. The van der Waals surface area contributed by atoms with E-state index in [1.165, 1.54) is 0 Å². The molecule has 0 saturated heterocycles. The summed E-state index contributed by atoms with van der Waals surface area (Å²) in [6.07, 6.45) is 0. The van der Waals surface area contributed by atoms with E-state index in [2.05, 4.69) is 0 Å². The Morgan fingerprint density at radius 2 is 0.636 bits per heavy atom. The number of rotatable bonds is 6. The highest BCUT2D eigenvalue weighted by Crippen LogP contribution is 2.60. The summed E-state index contributed by atoms with van der Waals surface area (Å²) < 4.78 is 41.0. The molecule has 0 saturated carbocycles. The Balaban J connectivity index is 0. The molecule has 14 nitrogen and oxygen atoms in total. The monoisotopic (exact) mass is 412 g/mol. The molecule has 0 aliphatic heterocycles. The van der Waals surface area contributed by atoms with E-state index in [0.29, 0.717) is 0 Å². The van der Waals surface area contributed by atoms with Crippen molar-refractivity contribution in [1.29, 1.82) is 0 Å². The number of aliphatic hydroxyl groups is 2. The van der Waals surface area contributed by atoms with Gasteiger partial charge in [-0.15, -0.1) is 0 Å². The van der Waals surface area contributed by atoms with E-state index in [0.717, 1.165) is 0 Å². The fourth-order valence-electron chi connectivity index (χ4n) is 0.817. The molecule has 136 valence electrons. The molecule has 0 aromatic carbocycles. The summed E-state index contributed by atoms with van der Waals surface area (Å²) in [7, 11) is -19.6. The Morgan fingerprint density at radius 3 is 0.636 bits per heavy atom. The lowest BCUT2D eigenvalue weighted by Gasteiger charge is -2.16. The molecule has 0 fully saturated rings. The van der Waals surface area contributed by atoms with E-state index in [-0.39, 0.29) is 0 Å². The second-order valence-electron chi connectivity index (χ2n) is 3.68. The molecule has 0 unspecified atom stereocenters. The van der Waals surface area contributed by atoms with Crippen molar-refractivity contribution >= 4 is 30.4 Å². The van der Waals surface area contributed by atoms with Gasteiger partial charge in [-0.1, -0.05) is 0 Å². The Hall–Kier alpha value is 0.520. The van der Waals surface area contributed by atoms with Crippen LogP contribution < -0.4 is 0 Å². The summed E-state index contributed by atoms with van der Waals surface area (Å²) in [5, 5.41) is 11.8. The van der Waals surface area contributed by atoms with Crippen LogP contribution in [0.4, 0.5) is 0 Å². The van der Waals surface area contributed by atoms with Crippen molar-refractivity contribution in [2.75, 3.05) is 13.2 Å². The Labute approximate surface area is 123 Å². The van der Waals surface area contributed by atoms with Gasteiger partial charge >= 0.3 is 30.4 Å². The van der Waals surface area contributed by atoms with Crippen LogP contribution in [-0.2, 0) is 18.3 Å². The summed E-state index contributed by atoms with van der Waals surface area (Å²) >= 11 is 0. The first-order valence-corrected chi connectivity index (χ1v) is 11.5. The number of hydrogen-bond donors (Lipinski definition) is 10. The summed E-state index contributed by atoms with van der Waals surface area (Å²) in [6.45, 7) is -2.48. The molecule has 0 aliphatic carbocycles. The van der Waals surface area contributed by atoms with Crippen LogP contribution in [0.3, 0.4) is 0 Å². The molecule has 0 amide bonds. The summed E-state index contributed by atoms with van der Waals surface area (Å²) in [5.41, 5.74) is 0. The van der Waals surface area contributed by atoms with Gasteiger partial charge in [0.15, 0.2) is 10.8 Å². The third kappa shape index (κ3) is 9.61. The zero-order valence-corrected chi connectivity index (χ0v) is 14.0. The van der Waals surface area contributed by atoms with Gasteiger partial charge in [0.2, 0.25) is 0 Å². The molecule has 10 N–H and O–H groups in total. The van der Waals surface area contributed by atoms with Crippen molar-refractivity contribution in [1.82, 2.24) is 0 Å². The van der Waals surface area contributed by atoms with Crippen LogP contribution in [0.5, 0.6) is 0 Å². The lowest BCUT2D eigenvalue weighted by Crippen LogP contribution is -2.13. The fraction of sp³-hybridized carbons (Fsp3) is 1.00. The average molecular weight is 412 g/mol. The predicted molar refractivity (Wildman–Crippen MR) is 69.9 cm³/mol. The van der Waals surface area contributed by atoms with Crippen molar-refractivity contribution in [2.45, 2.75) is 10.8 Å². The van der Waals surface area contributed by atoms with Crippen LogP contribution in [0.1, 0.15) is 0 Å². The van der Waals surface area contributed by atoms with E-state index >= 15 is 0 Å². The molecule has 0 aliphatic rings. The van der Waals surface area contributed by atoms with Gasteiger partial charge in [-0.2, -0.15) is 0 Å². The first-order valence-electron chi connectivity index (χ1n) is 4.81. The van der Waals surface area contributed by atoms with Crippen molar-refractivity contribution in [3.05, 3.63) is 0 Å². The van der Waals surface area contributed by atoms with Gasteiger partial charge < -0.3 is 49.4 Å². The first-order chi connectivity index (χ1) is 9.39. The minimum atomic E-state index is -4.91. The topological polar surface area (TPSA) is 271 Å². The zero-order chi connectivity index (χ0) is 18.6. The number of aliphatic hydroxyl groups excluding tert-OH is 2. The highest BCUT2D eigenvalue weighted by Gasteiger charge is 2.43. The van der Waals surface area contributed by atoms with Gasteiger partial charge in [0, 0.05) is 0 Å². The molecular weight excluding hydrogens is 396 g/mol. The largest absolute Gasteiger partial charge is 0.395 e. The molecule has 0 heterocycles. The van der Waals surface area contributed by atoms with E-state index in [9.17, 15) is 18.3 Å². The van der Waals surface area contributed by atoms with E-state index in [1.807, 2.05) is 0 Å². The Bertz CT molecular complexity index is 425. The molecule has 0 spiro atoms. The van der Waals surface area contributed by atoms with Crippen molar-refractivity contribution in [3.8, 4) is 0 Å². The number of hydrogen-bond acceptors (Lipinski definition) is 6. The standard InChI is InChI=1S/2C2H8O7P2/c2*3-1-2(10(4,5)6)11(7,8)9/h2*2-3H,1H2,(H2,4,5,6)(H2,7,8,9). The molecule has 0 bridgehead atoms. The molecule has 0 atom stereocenters. The summed E-state index contributed by atoms with van der Waals surface area (Å²) in [5.74, 6) is 0.